The third-order valence-electron chi connectivity index (χ3n) is 7.43. The van der Waals surface area contributed by atoms with Gasteiger partial charge in [-0.15, -0.1) is 0 Å². The van der Waals surface area contributed by atoms with Gasteiger partial charge in [0.2, 0.25) is 0 Å². The Morgan fingerprint density at radius 1 is 0.878 bits per heavy atom. The molecule has 0 saturated carbocycles. The van der Waals surface area contributed by atoms with E-state index in [0.717, 1.165) is 4.57 Å². The van der Waals surface area contributed by atoms with Crippen molar-refractivity contribution in [2.45, 2.75) is 43.2 Å². The molecule has 1 aromatic heterocycles. The first kappa shape index (κ1) is 28.5. The number of nitrogens with one attached hydrogen (secondary N) is 1. The molecule has 10 heteroatoms. The van der Waals surface area contributed by atoms with Crippen LogP contribution in [0.4, 0.5) is 0 Å². The van der Waals surface area contributed by atoms with Crippen molar-refractivity contribution in [3.63, 3.8) is 0 Å². The lowest BCUT2D eigenvalue weighted by Crippen LogP contribution is -2.60. The molecule has 3 aromatic carbocycles. The van der Waals surface area contributed by atoms with Gasteiger partial charge >= 0.3 is 5.69 Å². The van der Waals surface area contributed by atoms with Gasteiger partial charge in [-0.2, -0.15) is 0 Å². The van der Waals surface area contributed by atoms with Crippen LogP contribution < -0.4 is 16.0 Å². The highest BCUT2D eigenvalue weighted by molar-refractivity contribution is 5.48. The number of aliphatic hydroxyl groups is 3. The fourth-order valence-corrected chi connectivity index (χ4v) is 5.28. The molecule has 1 saturated heterocycles. The van der Waals surface area contributed by atoms with Gasteiger partial charge in [-0.05, 0) is 35.7 Å². The van der Waals surface area contributed by atoms with Crippen LogP contribution in [-0.4, -0.2) is 63.0 Å². The van der Waals surface area contributed by atoms with E-state index in [2.05, 4.69) is 4.98 Å². The second-order valence-corrected chi connectivity index (χ2v) is 9.93. The van der Waals surface area contributed by atoms with Gasteiger partial charge in [-0.3, -0.25) is 14.3 Å². The number of methoxy groups -OCH3 is 1. The maximum absolute atomic E-state index is 13.0. The lowest BCUT2D eigenvalue weighted by molar-refractivity contribution is -0.279. The standard InChI is InChI=1S/C31H32N2O8/c1-19-17-33(30(38)32-28(19)37)29-27(26(36)25(35)24(18-34)40-29)41-31(20-9-5-3-6-10-20,21-11-7-4-8-12-21)22-13-15-23(39-2)16-14-22/h3-17,24-27,29,34-36H,18H2,1-2H3,(H,32,37,38)/t24-,25+,26+,27-,29-/m1/s1. The predicted molar refractivity (Wildman–Crippen MR) is 150 cm³/mol. The van der Waals surface area contributed by atoms with Crippen molar-refractivity contribution in [2.24, 2.45) is 0 Å². The van der Waals surface area contributed by atoms with Crippen LogP contribution in [-0.2, 0) is 15.1 Å². The molecule has 41 heavy (non-hydrogen) atoms. The van der Waals surface area contributed by atoms with Gasteiger partial charge in [0.05, 0.1) is 13.7 Å². The average Bonchev–Trinajstić information content (AvgIpc) is 3.01. The lowest BCUT2D eigenvalue weighted by Gasteiger charge is -2.47. The number of benzene rings is 3. The van der Waals surface area contributed by atoms with Crippen molar-refractivity contribution in [2.75, 3.05) is 13.7 Å². The fourth-order valence-electron chi connectivity index (χ4n) is 5.28. The minimum Gasteiger partial charge on any atom is -0.497 e. The van der Waals surface area contributed by atoms with Crippen LogP contribution >= 0.6 is 0 Å². The zero-order chi connectivity index (χ0) is 29.1. The summed E-state index contributed by atoms with van der Waals surface area (Å²) in [5.41, 5.74) is -0.452. The van der Waals surface area contributed by atoms with Gasteiger partial charge in [0.25, 0.3) is 5.56 Å². The van der Waals surface area contributed by atoms with Crippen LogP contribution in [0.3, 0.4) is 0 Å². The van der Waals surface area contributed by atoms with Crippen molar-refractivity contribution in [3.05, 3.63) is 134 Å². The summed E-state index contributed by atoms with van der Waals surface area (Å²) in [6.45, 7) is 0.900. The summed E-state index contributed by atoms with van der Waals surface area (Å²) in [6.07, 6.45) is -5.76. The number of aromatic nitrogens is 2. The highest BCUT2D eigenvalue weighted by Crippen LogP contribution is 2.45. The topological polar surface area (TPSA) is 143 Å². The number of aromatic amines is 1. The Morgan fingerprint density at radius 3 is 1.98 bits per heavy atom. The van der Waals surface area contributed by atoms with Gasteiger partial charge in [0.15, 0.2) is 6.23 Å². The monoisotopic (exact) mass is 560 g/mol. The van der Waals surface area contributed by atoms with Crippen molar-refractivity contribution < 1.29 is 29.5 Å². The molecular weight excluding hydrogens is 528 g/mol. The van der Waals surface area contributed by atoms with Crippen LogP contribution in [0.15, 0.2) is 101 Å². The van der Waals surface area contributed by atoms with Gasteiger partial charge in [-0.25, -0.2) is 4.79 Å². The van der Waals surface area contributed by atoms with E-state index in [1.54, 1.807) is 19.2 Å². The molecule has 0 bridgehead atoms. The molecule has 1 aliphatic heterocycles. The molecule has 0 unspecified atom stereocenters. The normalized spacial score (nSPS) is 22.8. The van der Waals surface area contributed by atoms with Crippen LogP contribution in [0.2, 0.25) is 0 Å². The summed E-state index contributed by atoms with van der Waals surface area (Å²) in [5.74, 6) is 0.624. The van der Waals surface area contributed by atoms with Crippen molar-refractivity contribution >= 4 is 0 Å². The highest BCUT2D eigenvalue weighted by Gasteiger charge is 2.51. The molecule has 4 N–H and O–H groups in total. The smallest absolute Gasteiger partial charge is 0.330 e. The maximum atomic E-state index is 13.0. The number of aryl methyl sites for hydroxylation is 1. The SMILES string of the molecule is COc1ccc(C(O[C@@H]2[C@@H](O)[C@@H](O)[C@@H](CO)O[C@H]2n2cc(C)c(=O)[nH]c2=O)(c2ccccc2)c2ccccc2)cc1. The Balaban J connectivity index is 1.76. The van der Waals surface area contributed by atoms with Crippen LogP contribution in [0.5, 0.6) is 5.75 Å². The number of hydrogen-bond acceptors (Lipinski definition) is 8. The molecule has 2 heterocycles. The molecule has 0 amide bonds. The van der Waals surface area contributed by atoms with Crippen molar-refractivity contribution in [1.82, 2.24) is 9.55 Å². The maximum Gasteiger partial charge on any atom is 0.330 e. The Hall–Kier alpha value is -4.06. The molecule has 0 aliphatic carbocycles. The van der Waals surface area contributed by atoms with E-state index in [1.165, 1.54) is 13.1 Å². The minimum atomic E-state index is -1.60. The number of nitrogens with zero attached hydrogens (tertiary/aromatic N) is 1. The average molecular weight is 561 g/mol. The molecule has 0 spiro atoms. The first-order chi connectivity index (χ1) is 19.8. The molecular formula is C31H32N2O8. The summed E-state index contributed by atoms with van der Waals surface area (Å²) in [7, 11) is 1.57. The molecule has 10 nitrogen and oxygen atoms in total. The zero-order valence-electron chi connectivity index (χ0n) is 22.6. The number of hydrogen-bond donors (Lipinski definition) is 4. The molecule has 5 rings (SSSR count). The van der Waals surface area contributed by atoms with Gasteiger partial charge in [0, 0.05) is 11.8 Å². The quantitative estimate of drug-likeness (QED) is 0.239. The van der Waals surface area contributed by atoms with E-state index < -0.39 is 54.1 Å². The van der Waals surface area contributed by atoms with Gasteiger partial charge in [0.1, 0.15) is 35.8 Å². The summed E-state index contributed by atoms with van der Waals surface area (Å²) in [6, 6.07) is 26.0. The molecule has 1 aliphatic rings. The van der Waals surface area contributed by atoms with Crippen LogP contribution in [0.1, 0.15) is 28.5 Å². The summed E-state index contributed by atoms with van der Waals surface area (Å²) >= 11 is 0. The van der Waals surface area contributed by atoms with Crippen molar-refractivity contribution in [1.29, 1.82) is 0 Å². The minimum absolute atomic E-state index is 0.223. The van der Waals surface area contributed by atoms with E-state index in [9.17, 15) is 24.9 Å². The summed E-state index contributed by atoms with van der Waals surface area (Å²) in [4.78, 5) is 27.4. The third-order valence-corrected chi connectivity index (χ3v) is 7.43. The second-order valence-electron chi connectivity index (χ2n) is 9.93. The lowest BCUT2D eigenvalue weighted by atomic mass is 9.79. The highest BCUT2D eigenvalue weighted by atomic mass is 16.6. The first-order valence-corrected chi connectivity index (χ1v) is 13.2. The van der Waals surface area contributed by atoms with E-state index in [-0.39, 0.29) is 5.56 Å². The Labute approximate surface area is 236 Å². The second kappa shape index (κ2) is 11.8. The van der Waals surface area contributed by atoms with E-state index in [4.69, 9.17) is 14.2 Å². The first-order valence-electron chi connectivity index (χ1n) is 13.2. The summed E-state index contributed by atoms with van der Waals surface area (Å²) < 4.78 is 19.5. The summed E-state index contributed by atoms with van der Waals surface area (Å²) in [5, 5.41) is 32.4. The molecule has 4 aromatic rings. The number of ether oxygens (including phenoxy) is 3. The van der Waals surface area contributed by atoms with Gasteiger partial charge in [-0.1, -0.05) is 72.8 Å². The van der Waals surface area contributed by atoms with E-state index in [0.29, 0.717) is 22.4 Å². The molecule has 5 atom stereocenters. The van der Waals surface area contributed by atoms with Crippen LogP contribution in [0, 0.1) is 6.92 Å². The molecule has 214 valence electrons. The number of aliphatic hydroxyl groups excluding tert-OH is 3. The number of rotatable bonds is 8. The Bertz CT molecular complexity index is 1530. The number of H-pyrrole nitrogens is 1. The fraction of sp³-hybridized carbons (Fsp3) is 0.290. The van der Waals surface area contributed by atoms with Crippen molar-refractivity contribution in [3.8, 4) is 5.75 Å². The zero-order valence-corrected chi connectivity index (χ0v) is 22.6. The molecule has 1 fully saturated rings. The third kappa shape index (κ3) is 5.23. The molecule has 0 radical (unpaired) electrons. The predicted octanol–water partition coefficient (Wildman–Crippen LogP) is 1.84. The Morgan fingerprint density at radius 2 is 1.44 bits per heavy atom. The van der Waals surface area contributed by atoms with E-state index >= 15 is 0 Å². The van der Waals surface area contributed by atoms with Crippen LogP contribution in [0.25, 0.3) is 0 Å². The largest absolute Gasteiger partial charge is 0.497 e. The Kier molecular flexibility index (Phi) is 8.20. The van der Waals surface area contributed by atoms with Gasteiger partial charge < -0.3 is 29.5 Å². The van der Waals surface area contributed by atoms with E-state index in [1.807, 2.05) is 72.8 Å².